The van der Waals surface area contributed by atoms with Gasteiger partial charge in [0.2, 0.25) is 5.91 Å². The number of imidazole rings is 1. The second-order valence-corrected chi connectivity index (χ2v) is 13.1. The first-order valence-electron chi connectivity index (χ1n) is 15.0. The molecule has 2 N–H and O–H groups in total. The molecule has 0 saturated carbocycles. The van der Waals surface area contributed by atoms with E-state index >= 15 is 0 Å². The summed E-state index contributed by atoms with van der Waals surface area (Å²) >= 11 is 10.3. The molecule has 3 aromatic rings. The van der Waals surface area contributed by atoms with Crippen molar-refractivity contribution in [3.63, 3.8) is 0 Å². The van der Waals surface area contributed by atoms with Gasteiger partial charge in [-0.25, -0.2) is 4.98 Å². The number of rotatable bonds is 8. The van der Waals surface area contributed by atoms with Gasteiger partial charge in [0, 0.05) is 60.3 Å². The fourth-order valence-corrected chi connectivity index (χ4v) is 7.18. The van der Waals surface area contributed by atoms with E-state index in [0.29, 0.717) is 19.6 Å². The van der Waals surface area contributed by atoms with Crippen molar-refractivity contribution in [2.45, 2.75) is 57.7 Å². The number of hydrogen-bond donors (Lipinski definition) is 2. The van der Waals surface area contributed by atoms with Gasteiger partial charge in [0.1, 0.15) is 0 Å². The van der Waals surface area contributed by atoms with Crippen LogP contribution < -0.4 is 5.32 Å². The molecule has 1 fully saturated rings. The van der Waals surface area contributed by atoms with Gasteiger partial charge in [0.15, 0.2) is 0 Å². The lowest BCUT2D eigenvalue weighted by atomic mass is 9.84. The second kappa shape index (κ2) is 13.2. The standard InChI is InChI=1S/C33H38BrClN6O/c1-22-14-28-24(16-29(22)35)9-10-25-15-26(34)17-38-31(25)32(28)40-13-11-37-30(20-40)33(42)41(19-23-6-3-2-4-7-23)12-5-8-27-18-36-21-39-27/h2-4,6-7,15-18,21-22,30,32,37H,5,8-14,19-20H2,1H3,(H,36,39)/t22?,30-,32?/m1/s1. The van der Waals surface area contributed by atoms with Gasteiger partial charge < -0.3 is 15.2 Å². The number of aryl methyl sites for hydroxylation is 2. The zero-order chi connectivity index (χ0) is 29.1. The average Bonchev–Trinajstić information content (AvgIpc) is 3.47. The third kappa shape index (κ3) is 6.57. The van der Waals surface area contributed by atoms with Crippen LogP contribution in [0.15, 0.2) is 81.8 Å². The Morgan fingerprint density at radius 3 is 2.88 bits per heavy atom. The van der Waals surface area contributed by atoms with Crippen LogP contribution in [-0.4, -0.2) is 62.9 Å². The number of pyridine rings is 1. The number of carbonyl (C=O) groups is 1. The molecule has 2 aromatic heterocycles. The van der Waals surface area contributed by atoms with Gasteiger partial charge in [-0.15, -0.1) is 0 Å². The van der Waals surface area contributed by atoms with Crippen molar-refractivity contribution in [2.75, 3.05) is 26.2 Å². The molecule has 42 heavy (non-hydrogen) atoms. The number of nitrogens with zero attached hydrogens (tertiary/aromatic N) is 4. The molecular formula is C33H38BrClN6O. The maximum Gasteiger partial charge on any atom is 0.241 e. The molecule has 0 bridgehead atoms. The summed E-state index contributed by atoms with van der Waals surface area (Å²) in [6, 6.07) is 12.2. The number of carbonyl (C=O) groups excluding carboxylic acids is 1. The fourth-order valence-electron chi connectivity index (χ4n) is 6.59. The number of amides is 1. The van der Waals surface area contributed by atoms with Crippen molar-refractivity contribution >= 4 is 33.4 Å². The molecule has 1 saturated heterocycles. The lowest BCUT2D eigenvalue weighted by Gasteiger charge is -2.42. The Kier molecular flexibility index (Phi) is 9.24. The maximum absolute atomic E-state index is 14.2. The first-order valence-corrected chi connectivity index (χ1v) is 16.1. The van der Waals surface area contributed by atoms with Gasteiger partial charge in [0.05, 0.1) is 24.1 Å². The minimum absolute atomic E-state index is 0.0365. The normalized spacial score (nSPS) is 22.6. The summed E-state index contributed by atoms with van der Waals surface area (Å²) in [5.41, 5.74) is 7.37. The van der Waals surface area contributed by atoms with Crippen LogP contribution >= 0.6 is 27.5 Å². The highest BCUT2D eigenvalue weighted by molar-refractivity contribution is 9.10. The van der Waals surface area contributed by atoms with E-state index in [0.717, 1.165) is 71.6 Å². The Bertz CT molecular complexity index is 1460. The molecule has 2 aliphatic carbocycles. The lowest BCUT2D eigenvalue weighted by Crippen LogP contribution is -2.58. The van der Waals surface area contributed by atoms with Crippen LogP contribution in [0.5, 0.6) is 0 Å². The predicted molar refractivity (Wildman–Crippen MR) is 170 cm³/mol. The summed E-state index contributed by atoms with van der Waals surface area (Å²) in [6.07, 6.45) is 12.2. The Labute approximate surface area is 261 Å². The van der Waals surface area contributed by atoms with E-state index in [1.807, 2.05) is 35.5 Å². The molecule has 7 nitrogen and oxygen atoms in total. The van der Waals surface area contributed by atoms with Crippen LogP contribution in [0.25, 0.3) is 0 Å². The summed E-state index contributed by atoms with van der Waals surface area (Å²) in [4.78, 5) is 31.1. The fraction of sp³-hybridized carbons (Fsp3) is 0.424. The highest BCUT2D eigenvalue weighted by atomic mass is 79.9. The minimum atomic E-state index is -0.291. The van der Waals surface area contributed by atoms with Crippen LogP contribution in [-0.2, 0) is 24.2 Å². The van der Waals surface area contributed by atoms with Crippen molar-refractivity contribution in [2.24, 2.45) is 5.92 Å². The third-order valence-electron chi connectivity index (χ3n) is 8.77. The maximum atomic E-state index is 14.2. The van der Waals surface area contributed by atoms with E-state index < -0.39 is 0 Å². The van der Waals surface area contributed by atoms with Crippen molar-refractivity contribution in [3.05, 3.63) is 104 Å². The molecule has 3 atom stereocenters. The predicted octanol–water partition coefficient (Wildman–Crippen LogP) is 5.95. The average molecular weight is 650 g/mol. The van der Waals surface area contributed by atoms with Crippen LogP contribution in [0.3, 0.4) is 0 Å². The number of hydrogen-bond acceptors (Lipinski definition) is 5. The van der Waals surface area contributed by atoms with Gasteiger partial charge in [0.25, 0.3) is 0 Å². The zero-order valence-corrected chi connectivity index (χ0v) is 26.4. The van der Waals surface area contributed by atoms with Gasteiger partial charge in [-0.3, -0.25) is 14.7 Å². The molecule has 1 aliphatic heterocycles. The lowest BCUT2D eigenvalue weighted by molar-refractivity contribution is -0.135. The Hall–Kier alpha value is -2.78. The largest absolute Gasteiger partial charge is 0.348 e. The van der Waals surface area contributed by atoms with Gasteiger partial charge in [-0.2, -0.15) is 0 Å². The van der Waals surface area contributed by atoms with Crippen LogP contribution in [0.4, 0.5) is 0 Å². The third-order valence-corrected chi connectivity index (χ3v) is 9.68. The highest BCUT2D eigenvalue weighted by Gasteiger charge is 2.38. The second-order valence-electron chi connectivity index (χ2n) is 11.7. The Morgan fingerprint density at radius 1 is 1.21 bits per heavy atom. The molecule has 0 spiro atoms. The molecule has 6 rings (SSSR count). The number of nitrogens with one attached hydrogen (secondary N) is 2. The molecule has 9 heteroatoms. The van der Waals surface area contributed by atoms with E-state index in [1.54, 1.807) is 6.33 Å². The van der Waals surface area contributed by atoms with E-state index in [9.17, 15) is 4.79 Å². The number of benzene rings is 1. The first kappa shape index (κ1) is 29.3. The molecule has 1 amide bonds. The summed E-state index contributed by atoms with van der Waals surface area (Å²) in [5.74, 6) is 0.432. The Morgan fingerprint density at radius 2 is 2.07 bits per heavy atom. The Balaban J connectivity index is 1.26. The van der Waals surface area contributed by atoms with Crippen molar-refractivity contribution in [1.29, 1.82) is 0 Å². The van der Waals surface area contributed by atoms with Crippen LogP contribution in [0.1, 0.15) is 54.7 Å². The number of H-pyrrole nitrogens is 1. The van der Waals surface area contributed by atoms with E-state index in [2.05, 4.69) is 67.3 Å². The van der Waals surface area contributed by atoms with Gasteiger partial charge in [-0.1, -0.05) is 48.9 Å². The molecule has 1 aromatic carbocycles. The number of fused-ring (bicyclic) bond motifs is 1. The molecule has 3 heterocycles. The number of aromatic nitrogens is 3. The van der Waals surface area contributed by atoms with Crippen molar-refractivity contribution in [3.8, 4) is 0 Å². The molecular weight excluding hydrogens is 612 g/mol. The zero-order valence-electron chi connectivity index (χ0n) is 24.0. The number of halogens is 2. The van der Waals surface area contributed by atoms with E-state index in [4.69, 9.17) is 16.6 Å². The van der Waals surface area contributed by atoms with Crippen LogP contribution in [0, 0.1) is 5.92 Å². The quantitative estimate of drug-likeness (QED) is 0.316. The first-order chi connectivity index (χ1) is 20.5. The van der Waals surface area contributed by atoms with Gasteiger partial charge >= 0.3 is 0 Å². The smallest absolute Gasteiger partial charge is 0.241 e. The van der Waals surface area contributed by atoms with Crippen molar-refractivity contribution < 1.29 is 4.79 Å². The summed E-state index contributed by atoms with van der Waals surface area (Å²) < 4.78 is 1.00. The summed E-state index contributed by atoms with van der Waals surface area (Å²) in [7, 11) is 0. The topological polar surface area (TPSA) is 77.2 Å². The van der Waals surface area contributed by atoms with Crippen molar-refractivity contribution in [1.82, 2.24) is 30.1 Å². The number of aromatic amines is 1. The number of piperazine rings is 1. The highest BCUT2D eigenvalue weighted by Crippen LogP contribution is 2.45. The van der Waals surface area contributed by atoms with E-state index in [-0.39, 0.29) is 23.9 Å². The SMILES string of the molecule is CC1CC2=C(C=C1Cl)CCc1cc(Br)cnc1C2N1CCN[C@@H](C(=O)N(CCCc2cnc[nH]2)Cc2ccccc2)C1. The minimum Gasteiger partial charge on any atom is -0.348 e. The number of allylic oxidation sites excluding steroid dienone is 3. The molecule has 220 valence electrons. The van der Waals surface area contributed by atoms with Gasteiger partial charge in [-0.05, 0) is 88.4 Å². The molecule has 3 aliphatic rings. The summed E-state index contributed by atoms with van der Waals surface area (Å²) in [6.45, 7) is 5.72. The molecule has 0 radical (unpaired) electrons. The van der Waals surface area contributed by atoms with Crippen LogP contribution in [0.2, 0.25) is 0 Å². The molecule has 2 unspecified atom stereocenters. The monoisotopic (exact) mass is 648 g/mol. The van der Waals surface area contributed by atoms with E-state index in [1.165, 1.54) is 16.7 Å². The summed E-state index contributed by atoms with van der Waals surface area (Å²) in [5, 5.41) is 4.51.